The third-order valence-corrected chi connectivity index (χ3v) is 6.04. The van der Waals surface area contributed by atoms with Crippen molar-refractivity contribution in [1.29, 1.82) is 0 Å². The Morgan fingerprint density at radius 3 is 2.90 bits per heavy atom. The smallest absolute Gasteiger partial charge is 0.272 e. The van der Waals surface area contributed by atoms with E-state index < -0.39 is 5.54 Å². The van der Waals surface area contributed by atoms with Gasteiger partial charge in [0.1, 0.15) is 11.2 Å². The first-order valence-corrected chi connectivity index (χ1v) is 10.4. The summed E-state index contributed by atoms with van der Waals surface area (Å²) in [4.78, 5) is 22.0. The van der Waals surface area contributed by atoms with Crippen LogP contribution < -0.4 is 0 Å². The molecule has 1 atom stereocenters. The van der Waals surface area contributed by atoms with Crippen molar-refractivity contribution in [3.63, 3.8) is 0 Å². The van der Waals surface area contributed by atoms with Gasteiger partial charge in [-0.05, 0) is 41.8 Å². The van der Waals surface area contributed by atoms with Crippen molar-refractivity contribution in [2.24, 2.45) is 0 Å². The summed E-state index contributed by atoms with van der Waals surface area (Å²) in [5, 5.41) is 12.6. The Morgan fingerprint density at radius 2 is 2.13 bits per heavy atom. The molecule has 0 saturated carbocycles. The number of rotatable bonds is 6. The topological polar surface area (TPSA) is 98.5 Å². The largest absolute Gasteiger partial charge is 0.383 e. The van der Waals surface area contributed by atoms with E-state index in [9.17, 15) is 4.79 Å². The maximum atomic E-state index is 13.4. The molecule has 2 fully saturated rings. The number of carbonyl (C=O) groups is 1. The molecule has 30 heavy (non-hydrogen) atoms. The highest BCUT2D eigenvalue weighted by atomic mass is 16.5. The molecule has 1 amide bonds. The quantitative estimate of drug-likeness (QED) is 0.672. The number of pyridine rings is 1. The Bertz CT molecular complexity index is 868. The number of methoxy groups -OCH3 is 1. The van der Waals surface area contributed by atoms with Gasteiger partial charge in [-0.1, -0.05) is 6.07 Å². The molecule has 2 aromatic rings. The third-order valence-electron chi connectivity index (χ3n) is 6.04. The molecule has 4 heterocycles. The predicted octanol–water partition coefficient (Wildman–Crippen LogP) is 0.487. The number of likely N-dealkylation sites (tertiary alicyclic amines) is 1. The molecule has 162 valence electrons. The van der Waals surface area contributed by atoms with E-state index in [4.69, 9.17) is 9.47 Å². The maximum Gasteiger partial charge on any atom is 0.272 e. The number of hydrogen-bond acceptors (Lipinski definition) is 8. The van der Waals surface area contributed by atoms with E-state index >= 15 is 0 Å². The molecule has 0 spiro atoms. The van der Waals surface area contributed by atoms with Gasteiger partial charge in [-0.2, -0.15) is 0 Å². The van der Waals surface area contributed by atoms with Gasteiger partial charge >= 0.3 is 0 Å². The highest BCUT2D eigenvalue weighted by Gasteiger charge is 2.48. The molecule has 1 unspecified atom stereocenters. The monoisotopic (exact) mass is 415 g/mol. The van der Waals surface area contributed by atoms with E-state index in [1.165, 1.54) is 0 Å². The van der Waals surface area contributed by atoms with Crippen LogP contribution in [0.4, 0.5) is 0 Å². The van der Waals surface area contributed by atoms with Crippen molar-refractivity contribution < 1.29 is 14.3 Å². The molecule has 2 aliphatic heterocycles. The minimum atomic E-state index is -0.461. The van der Waals surface area contributed by atoms with E-state index in [0.717, 1.165) is 37.3 Å². The zero-order chi connectivity index (χ0) is 21.0. The predicted molar refractivity (Wildman–Crippen MR) is 108 cm³/mol. The number of aryl methyl sites for hydroxylation is 1. The van der Waals surface area contributed by atoms with E-state index in [1.807, 2.05) is 28.6 Å². The van der Waals surface area contributed by atoms with Gasteiger partial charge in [0.05, 0.1) is 26.4 Å². The number of ether oxygens (including phenoxy) is 2. The van der Waals surface area contributed by atoms with Crippen molar-refractivity contribution in [2.45, 2.75) is 31.8 Å². The molecule has 0 aliphatic carbocycles. The zero-order valence-electron chi connectivity index (χ0n) is 17.7. The Kier molecular flexibility index (Phi) is 6.35. The van der Waals surface area contributed by atoms with Crippen molar-refractivity contribution in [2.75, 3.05) is 53.1 Å². The summed E-state index contributed by atoms with van der Waals surface area (Å²) in [7, 11) is 1.66. The number of hydrogen-bond donors (Lipinski definition) is 0. The Labute approximate surface area is 176 Å². The number of carbonyl (C=O) groups excluding carboxylic acids is 1. The molecule has 2 saturated heterocycles. The number of morpholine rings is 1. The average molecular weight is 415 g/mol. The summed E-state index contributed by atoms with van der Waals surface area (Å²) in [6.07, 6.45) is 3.42. The molecule has 0 bridgehead atoms. The van der Waals surface area contributed by atoms with Crippen molar-refractivity contribution >= 4 is 5.91 Å². The molecular weight excluding hydrogens is 386 g/mol. The van der Waals surface area contributed by atoms with Crippen molar-refractivity contribution in [1.82, 2.24) is 35.0 Å². The van der Waals surface area contributed by atoms with E-state index in [1.54, 1.807) is 13.3 Å². The van der Waals surface area contributed by atoms with Crippen LogP contribution in [0.1, 0.15) is 34.7 Å². The summed E-state index contributed by atoms with van der Waals surface area (Å²) in [5.74, 6) is 0.748. The summed E-state index contributed by atoms with van der Waals surface area (Å²) >= 11 is 0. The number of piperidine rings is 1. The van der Waals surface area contributed by atoms with Crippen LogP contribution >= 0.6 is 0 Å². The van der Waals surface area contributed by atoms with Crippen LogP contribution in [0.5, 0.6) is 0 Å². The van der Waals surface area contributed by atoms with Gasteiger partial charge in [0.2, 0.25) is 0 Å². The lowest BCUT2D eigenvalue weighted by atomic mass is 9.85. The van der Waals surface area contributed by atoms with Gasteiger partial charge in [0, 0.05) is 39.5 Å². The molecule has 0 radical (unpaired) electrons. The molecule has 4 rings (SSSR count). The fraction of sp³-hybridized carbons (Fsp3) is 0.650. The number of tetrazole rings is 1. The normalized spacial score (nSPS) is 22.9. The number of aromatic nitrogens is 5. The summed E-state index contributed by atoms with van der Waals surface area (Å²) < 4.78 is 12.7. The van der Waals surface area contributed by atoms with Crippen LogP contribution in [0, 0.1) is 6.92 Å². The Morgan fingerprint density at radius 1 is 1.30 bits per heavy atom. The second-order valence-electron chi connectivity index (χ2n) is 7.85. The zero-order valence-corrected chi connectivity index (χ0v) is 17.7. The molecule has 0 aromatic carbocycles. The summed E-state index contributed by atoms with van der Waals surface area (Å²) in [6.45, 7) is 7.11. The van der Waals surface area contributed by atoms with E-state index in [0.29, 0.717) is 45.1 Å². The molecule has 10 heteroatoms. The van der Waals surface area contributed by atoms with Gasteiger partial charge < -0.3 is 14.4 Å². The van der Waals surface area contributed by atoms with Crippen molar-refractivity contribution in [3.05, 3.63) is 35.4 Å². The van der Waals surface area contributed by atoms with E-state index in [-0.39, 0.29) is 5.91 Å². The minimum absolute atomic E-state index is 0.0404. The second-order valence-corrected chi connectivity index (χ2v) is 7.85. The van der Waals surface area contributed by atoms with Gasteiger partial charge in [0.15, 0.2) is 5.82 Å². The second kappa shape index (κ2) is 9.15. The first-order chi connectivity index (χ1) is 14.7. The van der Waals surface area contributed by atoms with Crippen LogP contribution in [-0.2, 0) is 21.6 Å². The van der Waals surface area contributed by atoms with Crippen LogP contribution in [0.2, 0.25) is 0 Å². The van der Waals surface area contributed by atoms with E-state index in [2.05, 4.69) is 25.4 Å². The summed E-state index contributed by atoms with van der Waals surface area (Å²) in [5.41, 5.74) is 0.932. The average Bonchev–Trinajstić information content (AvgIpc) is 3.27. The number of amides is 1. The van der Waals surface area contributed by atoms with Gasteiger partial charge in [-0.15, -0.1) is 5.10 Å². The van der Waals surface area contributed by atoms with Crippen LogP contribution in [0.25, 0.3) is 0 Å². The standard InChI is InChI=1S/C20H29N7O3/c1-16-5-3-7-21-17(16)18(28)25-8-4-6-20(15-25,26-9-13-30-14-10-26)19-22-23-24-27(19)11-12-29-2/h3,5,7H,4,6,8-15H2,1-2H3. The van der Waals surface area contributed by atoms with Crippen LogP contribution in [-0.4, -0.2) is 94.0 Å². The first-order valence-electron chi connectivity index (χ1n) is 10.4. The van der Waals surface area contributed by atoms with Crippen molar-refractivity contribution in [3.8, 4) is 0 Å². The molecule has 2 aromatic heterocycles. The molecule has 0 N–H and O–H groups in total. The van der Waals surface area contributed by atoms with Crippen LogP contribution in [0.3, 0.4) is 0 Å². The lowest BCUT2D eigenvalue weighted by Crippen LogP contribution is -2.61. The highest BCUT2D eigenvalue weighted by Crippen LogP contribution is 2.37. The van der Waals surface area contributed by atoms with Gasteiger partial charge in [0.25, 0.3) is 5.91 Å². The lowest BCUT2D eigenvalue weighted by molar-refractivity contribution is -0.0573. The maximum absolute atomic E-state index is 13.4. The third kappa shape index (κ3) is 3.94. The molecular formula is C20H29N7O3. The Hall–Kier alpha value is -2.43. The minimum Gasteiger partial charge on any atom is -0.383 e. The SMILES string of the molecule is COCCn1nnnc1C1(N2CCOCC2)CCCN(C(=O)c2ncccc2C)C1. The summed E-state index contributed by atoms with van der Waals surface area (Å²) in [6, 6.07) is 3.77. The fourth-order valence-electron chi connectivity index (χ4n) is 4.51. The number of nitrogens with zero attached hydrogens (tertiary/aromatic N) is 7. The van der Waals surface area contributed by atoms with Crippen LogP contribution in [0.15, 0.2) is 18.3 Å². The van der Waals surface area contributed by atoms with Gasteiger partial charge in [-0.3, -0.25) is 14.7 Å². The lowest BCUT2D eigenvalue weighted by Gasteiger charge is -2.49. The highest BCUT2D eigenvalue weighted by molar-refractivity contribution is 5.93. The molecule has 2 aliphatic rings. The fourth-order valence-corrected chi connectivity index (χ4v) is 4.51. The van der Waals surface area contributed by atoms with Gasteiger partial charge in [-0.25, -0.2) is 4.68 Å². The first kappa shape index (κ1) is 20.8. The molecule has 10 nitrogen and oxygen atoms in total. The Balaban J connectivity index is 1.68.